The highest BCUT2D eigenvalue weighted by molar-refractivity contribution is 5.84. The molecular weight excluding hydrogens is 170 g/mol. The lowest BCUT2D eigenvalue weighted by Crippen LogP contribution is -2.26. The Hall–Kier alpha value is -1.84. The van der Waals surface area contributed by atoms with E-state index >= 15 is 0 Å². The second-order valence-electron chi connectivity index (χ2n) is 2.59. The topological polar surface area (TPSA) is 73.0 Å². The van der Waals surface area contributed by atoms with Crippen LogP contribution in [0.4, 0.5) is 0 Å². The number of carbonyl (C=O) groups excluding carboxylic acids is 1. The summed E-state index contributed by atoms with van der Waals surface area (Å²) in [5.41, 5.74) is -0.0294. The van der Waals surface area contributed by atoms with Crippen LogP contribution in [0.25, 0.3) is 0 Å². The number of H-pyrrole nitrogens is 1. The van der Waals surface area contributed by atoms with Crippen molar-refractivity contribution in [2.45, 2.75) is 6.42 Å². The predicted octanol–water partition coefficient (Wildman–Crippen LogP) is -0.777. The van der Waals surface area contributed by atoms with Gasteiger partial charge in [-0.25, -0.2) is 0 Å². The number of carbonyl (C=O) groups is 1. The van der Waals surface area contributed by atoms with Gasteiger partial charge in [-0.1, -0.05) is 12.6 Å². The predicted molar refractivity (Wildman–Crippen MR) is 44.9 cm³/mol. The minimum atomic E-state index is -1.33. The smallest absolute Gasteiger partial charge is 0.251 e. The van der Waals surface area contributed by atoms with Crippen molar-refractivity contribution in [3.8, 4) is 0 Å². The maximum absolute atomic E-state index is 11.1. The minimum absolute atomic E-state index is 0.0124. The molecule has 0 atom stereocenters. The summed E-state index contributed by atoms with van der Waals surface area (Å²) in [5, 5.41) is 10.3. The third kappa shape index (κ3) is 2.30. The zero-order chi connectivity index (χ0) is 9.84. The summed E-state index contributed by atoms with van der Waals surface area (Å²) >= 11 is 0. The molecule has 0 spiro atoms. The van der Waals surface area contributed by atoms with E-state index in [4.69, 9.17) is 0 Å². The van der Waals surface area contributed by atoms with Crippen molar-refractivity contribution in [3.05, 3.63) is 46.4 Å². The summed E-state index contributed by atoms with van der Waals surface area (Å²) in [7, 11) is 0. The fourth-order valence-corrected chi connectivity index (χ4v) is 0.898. The largest absolute Gasteiger partial charge is 0.545 e. The quantitative estimate of drug-likeness (QED) is 0.617. The van der Waals surface area contributed by atoms with Crippen LogP contribution in [0, 0.1) is 0 Å². The monoisotopic (exact) mass is 178 g/mol. The van der Waals surface area contributed by atoms with Gasteiger partial charge in [-0.3, -0.25) is 4.79 Å². The summed E-state index contributed by atoms with van der Waals surface area (Å²) in [6.45, 7) is 3.28. The van der Waals surface area contributed by atoms with Crippen LogP contribution in [-0.4, -0.2) is 11.0 Å². The Morgan fingerprint density at radius 2 is 2.31 bits per heavy atom. The summed E-state index contributed by atoms with van der Waals surface area (Å²) < 4.78 is 0. The highest BCUT2D eigenvalue weighted by atomic mass is 16.4. The number of aromatic amines is 1. The lowest BCUT2D eigenvalue weighted by molar-refractivity contribution is -0.299. The Kier molecular flexibility index (Phi) is 2.64. The molecule has 0 unspecified atom stereocenters. The fraction of sp³-hybridized carbons (Fsp3) is 0.111. The van der Waals surface area contributed by atoms with E-state index in [9.17, 15) is 14.7 Å². The molecule has 1 aromatic heterocycles. The van der Waals surface area contributed by atoms with E-state index < -0.39 is 5.97 Å². The van der Waals surface area contributed by atoms with Crippen molar-refractivity contribution in [1.29, 1.82) is 0 Å². The van der Waals surface area contributed by atoms with Gasteiger partial charge < -0.3 is 14.9 Å². The molecule has 0 amide bonds. The Bertz CT molecular complexity index is 392. The van der Waals surface area contributed by atoms with Crippen LogP contribution in [0.2, 0.25) is 0 Å². The number of carboxylic acids is 1. The Balaban J connectivity index is 2.87. The van der Waals surface area contributed by atoms with Gasteiger partial charge in [-0.2, -0.15) is 0 Å². The molecule has 0 radical (unpaired) electrons. The van der Waals surface area contributed by atoms with Crippen LogP contribution >= 0.6 is 0 Å². The van der Waals surface area contributed by atoms with Crippen molar-refractivity contribution in [3.63, 3.8) is 0 Å². The van der Waals surface area contributed by atoms with Crippen LogP contribution < -0.4 is 10.7 Å². The van der Waals surface area contributed by atoms with Gasteiger partial charge in [-0.15, -0.1) is 0 Å². The normalized spacial score (nSPS) is 9.54. The number of hydrogen-bond donors (Lipinski definition) is 1. The summed E-state index contributed by atoms with van der Waals surface area (Å²) in [5.74, 6) is -1.33. The van der Waals surface area contributed by atoms with E-state index in [1.54, 1.807) is 12.1 Å². The van der Waals surface area contributed by atoms with E-state index in [-0.39, 0.29) is 17.6 Å². The molecule has 4 nitrogen and oxygen atoms in total. The van der Waals surface area contributed by atoms with Crippen LogP contribution in [0.1, 0.15) is 5.56 Å². The van der Waals surface area contributed by atoms with Gasteiger partial charge in [0.1, 0.15) is 0 Å². The van der Waals surface area contributed by atoms with Crippen LogP contribution in [-0.2, 0) is 11.2 Å². The third-order valence-corrected chi connectivity index (χ3v) is 1.59. The highest BCUT2D eigenvalue weighted by Gasteiger charge is 2.01. The van der Waals surface area contributed by atoms with Crippen LogP contribution in [0.5, 0.6) is 0 Å². The molecule has 1 aromatic rings. The van der Waals surface area contributed by atoms with Crippen molar-refractivity contribution < 1.29 is 9.90 Å². The maximum Gasteiger partial charge on any atom is 0.251 e. The summed E-state index contributed by atoms with van der Waals surface area (Å²) in [6.07, 6.45) is 1.49. The van der Waals surface area contributed by atoms with Gasteiger partial charge in [0.2, 0.25) is 0 Å². The first-order valence-corrected chi connectivity index (χ1v) is 3.67. The molecule has 1 heterocycles. The second-order valence-corrected chi connectivity index (χ2v) is 2.59. The first-order valence-electron chi connectivity index (χ1n) is 3.67. The third-order valence-electron chi connectivity index (χ3n) is 1.59. The first-order chi connectivity index (χ1) is 6.11. The molecule has 0 saturated heterocycles. The van der Waals surface area contributed by atoms with Gasteiger partial charge in [-0.05, 0) is 11.6 Å². The van der Waals surface area contributed by atoms with Crippen LogP contribution in [0.15, 0.2) is 35.3 Å². The zero-order valence-electron chi connectivity index (χ0n) is 6.87. The molecule has 68 valence electrons. The van der Waals surface area contributed by atoms with Crippen molar-refractivity contribution in [2.24, 2.45) is 0 Å². The molecule has 0 saturated carbocycles. The number of aromatic nitrogens is 1. The average Bonchev–Trinajstić information content (AvgIpc) is 2.08. The van der Waals surface area contributed by atoms with Gasteiger partial charge in [0.25, 0.3) is 5.56 Å². The Labute approximate surface area is 74.5 Å². The Morgan fingerprint density at radius 1 is 1.62 bits per heavy atom. The SMILES string of the molecule is C=C(Cc1ccc[nH]c1=O)C(=O)[O-]. The number of rotatable bonds is 3. The van der Waals surface area contributed by atoms with Gasteiger partial charge in [0.15, 0.2) is 0 Å². The average molecular weight is 178 g/mol. The van der Waals surface area contributed by atoms with Crippen molar-refractivity contribution >= 4 is 5.97 Å². The van der Waals surface area contributed by atoms with E-state index in [0.717, 1.165) is 0 Å². The second kappa shape index (κ2) is 3.71. The molecule has 0 aliphatic carbocycles. The van der Waals surface area contributed by atoms with Gasteiger partial charge in [0, 0.05) is 18.2 Å². The lowest BCUT2D eigenvalue weighted by atomic mass is 10.1. The number of aliphatic carboxylic acids is 1. The molecule has 1 N–H and O–H groups in total. The molecule has 4 heteroatoms. The molecule has 0 aliphatic heterocycles. The molecule has 0 aliphatic rings. The summed E-state index contributed by atoms with van der Waals surface area (Å²) in [4.78, 5) is 23.8. The highest BCUT2D eigenvalue weighted by Crippen LogP contribution is 1.99. The van der Waals surface area contributed by atoms with E-state index in [1.165, 1.54) is 6.20 Å². The number of nitrogens with one attached hydrogen (secondary N) is 1. The standard InChI is InChI=1S/C9H9NO3/c1-6(9(12)13)5-7-3-2-4-10-8(7)11/h2-4H,1,5H2,(H,10,11)(H,12,13)/p-1. The zero-order valence-corrected chi connectivity index (χ0v) is 6.87. The van der Waals surface area contributed by atoms with Gasteiger partial charge in [0.05, 0.1) is 5.97 Å². The molecule has 0 bridgehead atoms. The summed E-state index contributed by atoms with van der Waals surface area (Å²) in [6, 6.07) is 3.17. The van der Waals surface area contributed by atoms with Gasteiger partial charge >= 0.3 is 0 Å². The molecule has 1 rings (SSSR count). The Morgan fingerprint density at radius 3 is 2.85 bits per heavy atom. The molecule has 0 aromatic carbocycles. The van der Waals surface area contributed by atoms with E-state index in [2.05, 4.69) is 11.6 Å². The van der Waals surface area contributed by atoms with Crippen LogP contribution in [0.3, 0.4) is 0 Å². The van der Waals surface area contributed by atoms with E-state index in [1.807, 2.05) is 0 Å². The first kappa shape index (κ1) is 9.25. The number of hydrogen-bond acceptors (Lipinski definition) is 3. The molecular formula is C9H8NO3-. The van der Waals surface area contributed by atoms with E-state index in [0.29, 0.717) is 5.56 Å². The molecule has 13 heavy (non-hydrogen) atoms. The minimum Gasteiger partial charge on any atom is -0.545 e. The number of pyridine rings is 1. The molecule has 0 fully saturated rings. The maximum atomic E-state index is 11.1. The lowest BCUT2D eigenvalue weighted by Gasteiger charge is -2.04. The van der Waals surface area contributed by atoms with Crippen molar-refractivity contribution in [1.82, 2.24) is 4.98 Å². The van der Waals surface area contributed by atoms with Crippen molar-refractivity contribution in [2.75, 3.05) is 0 Å². The fourth-order valence-electron chi connectivity index (χ4n) is 0.898. The number of carboxylic acid groups (broad SMARTS) is 1.